The first kappa shape index (κ1) is 38.0. The van der Waals surface area contributed by atoms with Crippen LogP contribution in [0.4, 0.5) is 28.4 Å². The number of aryl methyl sites for hydroxylation is 1. The second-order valence-corrected chi connectivity index (χ2v) is 15.5. The summed E-state index contributed by atoms with van der Waals surface area (Å²) < 4.78 is 101. The van der Waals surface area contributed by atoms with Gasteiger partial charge in [-0.3, -0.25) is 24.8 Å². The van der Waals surface area contributed by atoms with Gasteiger partial charge in [-0.05, 0) is 66.4 Å². The predicted molar refractivity (Wildman–Crippen MR) is 188 cm³/mol. The summed E-state index contributed by atoms with van der Waals surface area (Å²) in [7, 11) is -12.2. The van der Waals surface area contributed by atoms with Crippen LogP contribution in [-0.2, 0) is 35.1 Å². The van der Waals surface area contributed by atoms with Crippen molar-refractivity contribution in [2.24, 2.45) is 0 Å². The molecule has 4 aromatic rings. The van der Waals surface area contributed by atoms with Crippen LogP contribution in [-0.4, -0.2) is 69.9 Å². The third-order valence-corrected chi connectivity index (χ3v) is 11.2. The molecule has 0 aliphatic carbocycles. The Hall–Kier alpha value is -4.86. The summed E-state index contributed by atoms with van der Waals surface area (Å²) in [5.74, 6) is -1.26. The molecule has 4 aromatic carbocycles. The molecule has 270 valence electrons. The van der Waals surface area contributed by atoms with Crippen molar-refractivity contribution >= 4 is 75.4 Å². The molecule has 0 aliphatic rings. The van der Waals surface area contributed by atoms with Gasteiger partial charge in [0.1, 0.15) is 16.3 Å². The van der Waals surface area contributed by atoms with Gasteiger partial charge in [0, 0.05) is 31.5 Å². The van der Waals surface area contributed by atoms with Gasteiger partial charge in [-0.15, -0.1) is 0 Å². The highest BCUT2D eigenvalue weighted by molar-refractivity contribution is 7.89. The molecule has 20 heteroatoms. The third kappa shape index (κ3) is 8.12. The molecule has 0 aromatic heterocycles. The number of methoxy groups -OCH3 is 1. The second kappa shape index (κ2) is 14.5. The molecule has 0 fully saturated rings. The normalized spacial score (nSPS) is 12.1. The molecule has 0 saturated carbocycles. The number of benzene rings is 4. The second-order valence-electron chi connectivity index (χ2n) is 10.8. The van der Waals surface area contributed by atoms with Crippen molar-refractivity contribution in [3.63, 3.8) is 0 Å². The standard InChI is InChI=1S/C30H36N6O11S3/c1-6-36(7-2)48(39,40)21-10-8-20(9-11-21)32-33-23-16-26(47-5)24(12-17(23)3)34-35-29-27(50(44,45)46)14-19-13-22(49(41,42)43)15-25(31-18(4)37)28(19)30(29)38/h8-16,32-35,38H,6-7H2,1-5H3,(H,31,37)(H,41,42,43)(H,44,45,46). The maximum Gasteiger partial charge on any atom is 0.296 e. The molecule has 17 nitrogen and oxygen atoms in total. The molecular formula is C30H36N6O11S3. The van der Waals surface area contributed by atoms with Gasteiger partial charge in [-0.25, -0.2) is 8.42 Å². The number of carbonyl (C=O) groups is 1. The molecule has 8 N–H and O–H groups in total. The van der Waals surface area contributed by atoms with Crippen LogP contribution in [0.25, 0.3) is 10.8 Å². The lowest BCUT2D eigenvalue weighted by molar-refractivity contribution is -0.114. The van der Waals surface area contributed by atoms with E-state index >= 15 is 0 Å². The van der Waals surface area contributed by atoms with Crippen LogP contribution < -0.4 is 31.8 Å². The number of aromatic hydroxyl groups is 1. The van der Waals surface area contributed by atoms with Gasteiger partial charge in [0.25, 0.3) is 20.2 Å². The minimum absolute atomic E-state index is 0.149. The molecule has 0 heterocycles. The van der Waals surface area contributed by atoms with Gasteiger partial charge in [-0.2, -0.15) is 21.1 Å². The minimum atomic E-state index is -5.07. The van der Waals surface area contributed by atoms with E-state index in [1.807, 2.05) is 0 Å². The van der Waals surface area contributed by atoms with Crippen LogP contribution in [0.2, 0.25) is 0 Å². The number of hydrogen-bond acceptors (Lipinski definition) is 13. The van der Waals surface area contributed by atoms with E-state index in [-0.39, 0.29) is 32.8 Å². The van der Waals surface area contributed by atoms with E-state index in [0.717, 1.165) is 25.1 Å². The van der Waals surface area contributed by atoms with E-state index in [0.29, 0.717) is 30.0 Å². The minimum Gasteiger partial charge on any atom is -0.505 e. The average molecular weight is 753 g/mol. The fraction of sp³-hybridized carbons (Fsp3) is 0.233. The third-order valence-electron chi connectivity index (χ3n) is 7.44. The lowest BCUT2D eigenvalue weighted by Gasteiger charge is -2.21. The van der Waals surface area contributed by atoms with E-state index in [1.54, 1.807) is 45.0 Å². The number of carbonyl (C=O) groups excluding carboxylic acids is 1. The van der Waals surface area contributed by atoms with Crippen molar-refractivity contribution in [3.8, 4) is 11.5 Å². The molecule has 0 unspecified atom stereocenters. The van der Waals surface area contributed by atoms with Gasteiger partial charge < -0.3 is 26.0 Å². The number of anilines is 5. The molecule has 50 heavy (non-hydrogen) atoms. The topological polar surface area (TPSA) is 253 Å². The predicted octanol–water partition coefficient (Wildman–Crippen LogP) is 4.22. The van der Waals surface area contributed by atoms with Gasteiger partial charge in [-0.1, -0.05) is 13.8 Å². The largest absolute Gasteiger partial charge is 0.505 e. The highest BCUT2D eigenvalue weighted by Crippen LogP contribution is 2.43. The molecule has 0 saturated heterocycles. The monoisotopic (exact) mass is 752 g/mol. The number of ether oxygens (including phenoxy) is 1. The number of phenolic OH excluding ortho intramolecular Hbond substituents is 1. The Morgan fingerprint density at radius 2 is 1.40 bits per heavy atom. The van der Waals surface area contributed by atoms with Crippen molar-refractivity contribution < 1.29 is 49.0 Å². The van der Waals surface area contributed by atoms with E-state index in [4.69, 9.17) is 4.74 Å². The molecule has 0 spiro atoms. The molecule has 4 rings (SSSR count). The van der Waals surface area contributed by atoms with Gasteiger partial charge >= 0.3 is 0 Å². The average Bonchev–Trinajstić information content (AvgIpc) is 3.03. The quantitative estimate of drug-likeness (QED) is 0.0510. The summed E-state index contributed by atoms with van der Waals surface area (Å²) in [6.45, 7) is 7.04. The van der Waals surface area contributed by atoms with E-state index in [9.17, 15) is 44.3 Å². The van der Waals surface area contributed by atoms with Crippen LogP contribution in [0.1, 0.15) is 26.3 Å². The molecule has 0 bridgehead atoms. The lowest BCUT2D eigenvalue weighted by atomic mass is 10.1. The summed E-state index contributed by atoms with van der Waals surface area (Å²) in [5, 5.41) is 13.1. The lowest BCUT2D eigenvalue weighted by Crippen LogP contribution is -2.30. The summed E-state index contributed by atoms with van der Waals surface area (Å²) in [6, 6.07) is 11.9. The van der Waals surface area contributed by atoms with Crippen molar-refractivity contribution in [1.82, 2.24) is 4.31 Å². The molecule has 0 atom stereocenters. The maximum absolute atomic E-state index is 12.8. The van der Waals surface area contributed by atoms with Gasteiger partial charge in [0.15, 0.2) is 5.75 Å². The van der Waals surface area contributed by atoms with Crippen molar-refractivity contribution in [2.45, 2.75) is 42.4 Å². The number of nitrogens with zero attached hydrogens (tertiary/aromatic N) is 1. The van der Waals surface area contributed by atoms with Crippen LogP contribution in [0.15, 0.2) is 69.3 Å². The Bertz CT molecular complexity index is 2280. The Morgan fingerprint density at radius 3 is 1.94 bits per heavy atom. The van der Waals surface area contributed by atoms with Crippen LogP contribution in [0.5, 0.6) is 11.5 Å². The number of hydrogen-bond donors (Lipinski definition) is 8. The summed E-state index contributed by atoms with van der Waals surface area (Å²) in [5.41, 5.74) is 12.4. The van der Waals surface area contributed by atoms with Gasteiger partial charge in [0.2, 0.25) is 15.9 Å². The van der Waals surface area contributed by atoms with Crippen LogP contribution in [0.3, 0.4) is 0 Å². The van der Waals surface area contributed by atoms with E-state index in [1.165, 1.54) is 23.5 Å². The Morgan fingerprint density at radius 1 is 0.780 bits per heavy atom. The first-order valence-corrected chi connectivity index (χ1v) is 19.0. The highest BCUT2D eigenvalue weighted by atomic mass is 32.2. The summed E-state index contributed by atoms with van der Waals surface area (Å²) in [4.78, 5) is 10.5. The fourth-order valence-corrected chi connectivity index (χ4v) is 7.70. The van der Waals surface area contributed by atoms with Crippen molar-refractivity contribution in [1.29, 1.82) is 0 Å². The van der Waals surface area contributed by atoms with Crippen molar-refractivity contribution in [2.75, 3.05) is 47.2 Å². The number of nitrogens with one attached hydrogen (secondary N) is 5. The first-order valence-electron chi connectivity index (χ1n) is 14.7. The number of fused-ring (bicyclic) bond motifs is 1. The SMILES string of the molecule is CCN(CC)S(=O)(=O)c1ccc(NNc2cc(OC)c(NNc3c(S(=O)(=O)O)cc4cc(S(=O)(=O)O)cc(NC(C)=O)c4c3O)cc2C)cc1. The van der Waals surface area contributed by atoms with Gasteiger partial charge in [0.05, 0.1) is 39.7 Å². The number of sulfonamides is 1. The molecule has 0 radical (unpaired) electrons. The fourth-order valence-electron chi connectivity index (χ4n) is 5.01. The number of phenols is 1. The van der Waals surface area contributed by atoms with Crippen LogP contribution in [0, 0.1) is 6.92 Å². The number of rotatable bonds is 14. The summed E-state index contributed by atoms with van der Waals surface area (Å²) in [6.07, 6.45) is 0. The summed E-state index contributed by atoms with van der Waals surface area (Å²) >= 11 is 0. The van der Waals surface area contributed by atoms with Crippen LogP contribution >= 0.6 is 0 Å². The Labute approximate surface area is 289 Å². The molecular weight excluding hydrogens is 717 g/mol. The molecule has 0 aliphatic heterocycles. The number of amides is 1. The smallest absolute Gasteiger partial charge is 0.296 e. The van der Waals surface area contributed by atoms with Crippen molar-refractivity contribution in [3.05, 3.63) is 60.2 Å². The zero-order valence-electron chi connectivity index (χ0n) is 27.4. The Kier molecular flexibility index (Phi) is 11.0. The first-order chi connectivity index (χ1) is 23.3. The Balaban J connectivity index is 1.65. The zero-order chi connectivity index (χ0) is 37.2. The zero-order valence-corrected chi connectivity index (χ0v) is 29.8. The maximum atomic E-state index is 12.8. The molecule has 1 amide bonds. The van der Waals surface area contributed by atoms with E-state index < -0.39 is 57.4 Å². The highest BCUT2D eigenvalue weighted by Gasteiger charge is 2.26. The number of hydrazine groups is 2. The van der Waals surface area contributed by atoms with E-state index in [2.05, 4.69) is 27.0 Å².